The molecule has 2 atom stereocenters. The molecular weight excluding hydrogens is 567 g/mol. The maximum atomic E-state index is 14.6. The summed E-state index contributed by atoms with van der Waals surface area (Å²) in [6.45, 7) is 3.18. The summed E-state index contributed by atoms with van der Waals surface area (Å²) in [5.41, 5.74) is -0.168. The van der Waals surface area contributed by atoms with Gasteiger partial charge in [-0.05, 0) is 44.4 Å². The first kappa shape index (κ1) is 28.2. The van der Waals surface area contributed by atoms with Gasteiger partial charge < -0.3 is 19.1 Å². The van der Waals surface area contributed by atoms with Crippen LogP contribution in [0.2, 0.25) is 0 Å². The van der Waals surface area contributed by atoms with Crippen molar-refractivity contribution in [2.24, 2.45) is 0 Å². The summed E-state index contributed by atoms with van der Waals surface area (Å²) in [7, 11) is 3.14. The normalized spacial score (nSPS) is 18.7. The minimum Gasteiger partial charge on any atom is -0.496 e. The van der Waals surface area contributed by atoms with E-state index in [1.54, 1.807) is 14.0 Å². The summed E-state index contributed by atoms with van der Waals surface area (Å²) in [6, 6.07) is 3.23. The molecule has 12 nitrogen and oxygen atoms in total. The molecule has 2 saturated heterocycles. The van der Waals surface area contributed by atoms with Gasteiger partial charge in [0.2, 0.25) is 5.91 Å². The van der Waals surface area contributed by atoms with E-state index >= 15 is 0 Å². The summed E-state index contributed by atoms with van der Waals surface area (Å²) < 4.78 is 34.7. The van der Waals surface area contributed by atoms with Crippen LogP contribution in [0.3, 0.4) is 0 Å². The molecule has 0 spiro atoms. The molecule has 2 aliphatic heterocycles. The highest BCUT2D eigenvalue weighted by atomic mass is 32.1. The Kier molecular flexibility index (Phi) is 7.68. The van der Waals surface area contributed by atoms with Crippen LogP contribution in [0.15, 0.2) is 40.2 Å². The average Bonchev–Trinajstić information content (AvgIpc) is 3.72. The molecule has 6 rings (SSSR count). The molecule has 0 N–H and O–H groups in total. The van der Waals surface area contributed by atoms with Gasteiger partial charge in [-0.1, -0.05) is 11.3 Å². The number of nitrogens with zero attached hydrogens (tertiary/aromatic N) is 6. The molecule has 4 aromatic rings. The molecule has 42 heavy (non-hydrogen) atoms. The molecular formula is C28H31FN6O6S. The number of amides is 1. The van der Waals surface area contributed by atoms with Crippen LogP contribution < -0.4 is 16.0 Å². The number of benzene rings is 1. The first-order chi connectivity index (χ1) is 20.3. The van der Waals surface area contributed by atoms with E-state index in [9.17, 15) is 18.8 Å². The number of thiophene rings is 1. The predicted molar refractivity (Wildman–Crippen MR) is 152 cm³/mol. The third-order valence-corrected chi connectivity index (χ3v) is 9.22. The lowest BCUT2D eigenvalue weighted by molar-refractivity contribution is -0.129. The third kappa shape index (κ3) is 4.92. The fourth-order valence-corrected chi connectivity index (χ4v) is 6.94. The number of hydrogen-bond acceptors (Lipinski definition) is 9. The molecule has 0 saturated carbocycles. The fourth-order valence-electron chi connectivity index (χ4n) is 5.73. The van der Waals surface area contributed by atoms with E-state index in [0.717, 1.165) is 4.57 Å². The van der Waals surface area contributed by atoms with Gasteiger partial charge >= 0.3 is 5.69 Å². The monoisotopic (exact) mass is 598 g/mol. The van der Waals surface area contributed by atoms with E-state index < -0.39 is 29.2 Å². The van der Waals surface area contributed by atoms with Crippen LogP contribution in [0.1, 0.15) is 42.5 Å². The maximum Gasteiger partial charge on any atom is 0.332 e. The lowest BCUT2D eigenvalue weighted by atomic mass is 10.1. The second kappa shape index (κ2) is 11.4. The molecule has 2 aliphatic rings. The number of rotatable bonds is 8. The average molecular weight is 599 g/mol. The molecule has 0 radical (unpaired) electrons. The van der Waals surface area contributed by atoms with Gasteiger partial charge in [-0.3, -0.25) is 14.2 Å². The molecule has 1 amide bonds. The first-order valence-corrected chi connectivity index (χ1v) is 14.6. The summed E-state index contributed by atoms with van der Waals surface area (Å²) in [5.74, 6) is -0.376. The van der Waals surface area contributed by atoms with Crippen LogP contribution in [0, 0.1) is 12.7 Å². The Labute approximate surface area is 243 Å². The van der Waals surface area contributed by atoms with E-state index in [1.807, 2.05) is 0 Å². The highest BCUT2D eigenvalue weighted by Crippen LogP contribution is 2.35. The number of fused-ring (bicyclic) bond motifs is 1. The van der Waals surface area contributed by atoms with Gasteiger partial charge in [0.1, 0.15) is 33.5 Å². The van der Waals surface area contributed by atoms with E-state index in [-0.39, 0.29) is 18.6 Å². The number of likely N-dealkylation sites (N-methyl/N-ethyl adjacent to an activating group) is 1. The molecule has 5 heterocycles. The molecule has 2 fully saturated rings. The van der Waals surface area contributed by atoms with Crippen molar-refractivity contribution >= 4 is 27.5 Å². The number of hydrogen-bond donors (Lipinski definition) is 0. The number of aryl methyl sites for hydroxylation is 1. The third-order valence-electron chi connectivity index (χ3n) is 7.94. The Morgan fingerprint density at radius 1 is 1.14 bits per heavy atom. The van der Waals surface area contributed by atoms with Crippen LogP contribution >= 0.6 is 11.3 Å². The smallest absolute Gasteiger partial charge is 0.332 e. The molecule has 0 aliphatic carbocycles. The zero-order valence-electron chi connectivity index (χ0n) is 23.5. The van der Waals surface area contributed by atoms with Crippen molar-refractivity contribution in [2.45, 2.75) is 51.0 Å². The highest BCUT2D eigenvalue weighted by molar-refractivity contribution is 7.21. The van der Waals surface area contributed by atoms with Crippen molar-refractivity contribution in [1.82, 2.24) is 29.0 Å². The molecule has 1 aromatic carbocycles. The zero-order chi connectivity index (χ0) is 29.5. The lowest BCUT2D eigenvalue weighted by Gasteiger charge is -2.29. The van der Waals surface area contributed by atoms with Gasteiger partial charge in [0.25, 0.3) is 5.56 Å². The highest BCUT2D eigenvalue weighted by Gasteiger charge is 2.36. The largest absolute Gasteiger partial charge is 0.496 e. The van der Waals surface area contributed by atoms with Crippen LogP contribution in [0.25, 0.3) is 15.2 Å². The summed E-state index contributed by atoms with van der Waals surface area (Å²) in [4.78, 5) is 44.6. The van der Waals surface area contributed by atoms with Gasteiger partial charge in [-0.15, -0.1) is 4.80 Å². The number of likely N-dealkylation sites (tertiary alicyclic amines) is 1. The first-order valence-electron chi connectivity index (χ1n) is 13.7. The van der Waals surface area contributed by atoms with Gasteiger partial charge in [0.15, 0.2) is 0 Å². The number of carbonyl (C=O) groups is 1. The molecule has 1 unspecified atom stereocenters. The Morgan fingerprint density at radius 2 is 1.88 bits per heavy atom. The van der Waals surface area contributed by atoms with Gasteiger partial charge in [0.05, 0.1) is 37.5 Å². The van der Waals surface area contributed by atoms with Crippen molar-refractivity contribution in [3.63, 3.8) is 0 Å². The number of carbonyl (C=O) groups excluding carboxylic acids is 1. The SMILES string of the molecule is COc1ccc(F)cc1[C@H](Cn1c(=O)n(C2CCN(C)C2=O)c(=O)c2c(C)c(-n3nccn3)sc21)OC1CCOCC1. The number of ether oxygens (including phenoxy) is 3. The van der Waals surface area contributed by atoms with Crippen molar-refractivity contribution in [2.75, 3.05) is 33.9 Å². The molecule has 0 bridgehead atoms. The van der Waals surface area contributed by atoms with Gasteiger partial charge in [-0.2, -0.15) is 10.2 Å². The Bertz CT molecular complexity index is 1740. The van der Waals surface area contributed by atoms with Crippen LogP contribution in [-0.4, -0.2) is 75.0 Å². The minimum atomic E-state index is -0.935. The predicted octanol–water partition coefficient (Wildman–Crippen LogP) is 2.60. The lowest BCUT2D eigenvalue weighted by Crippen LogP contribution is -2.45. The second-order valence-corrected chi connectivity index (χ2v) is 11.5. The number of aromatic nitrogens is 5. The van der Waals surface area contributed by atoms with Gasteiger partial charge in [-0.25, -0.2) is 13.8 Å². The van der Waals surface area contributed by atoms with Crippen molar-refractivity contribution < 1.29 is 23.4 Å². The van der Waals surface area contributed by atoms with Crippen molar-refractivity contribution in [3.05, 3.63) is 68.4 Å². The second-order valence-electron chi connectivity index (χ2n) is 10.5. The standard InChI is InChI=1S/C28H31FN6O6S/c1-16-23-25(37)34(20-6-11-32(2)24(20)36)28(38)33(27(23)42-26(16)35-30-9-10-31-35)15-22(41-18-7-12-40-13-8-18)19-14-17(29)4-5-21(19)39-3/h4-5,9-10,14,18,20,22H,6-8,11-13,15H2,1-3H3/t20?,22-/m0/s1. The Balaban J connectivity index is 1.57. The topological polar surface area (TPSA) is 123 Å². The fraction of sp³-hybridized carbons (Fsp3) is 0.464. The molecule has 222 valence electrons. The van der Waals surface area contributed by atoms with E-state index in [0.29, 0.717) is 71.1 Å². The van der Waals surface area contributed by atoms with Crippen LogP contribution in [0.4, 0.5) is 4.39 Å². The van der Waals surface area contributed by atoms with E-state index in [4.69, 9.17) is 14.2 Å². The van der Waals surface area contributed by atoms with Crippen molar-refractivity contribution in [1.29, 1.82) is 0 Å². The quantitative estimate of drug-likeness (QED) is 0.303. The Morgan fingerprint density at radius 3 is 2.55 bits per heavy atom. The Hall–Kier alpha value is -3.88. The van der Waals surface area contributed by atoms with E-state index in [1.165, 1.54) is 63.3 Å². The van der Waals surface area contributed by atoms with Crippen LogP contribution in [-0.2, 0) is 20.8 Å². The maximum absolute atomic E-state index is 14.6. The minimum absolute atomic E-state index is 0.0601. The number of halogens is 1. The zero-order valence-corrected chi connectivity index (χ0v) is 24.3. The molecule has 3 aromatic heterocycles. The van der Waals surface area contributed by atoms with Crippen LogP contribution in [0.5, 0.6) is 5.75 Å². The van der Waals surface area contributed by atoms with Gasteiger partial charge in [0, 0.05) is 37.9 Å². The van der Waals surface area contributed by atoms with Crippen molar-refractivity contribution in [3.8, 4) is 10.8 Å². The summed E-state index contributed by atoms with van der Waals surface area (Å²) in [5, 5.41) is 9.32. The molecule has 14 heteroatoms. The summed E-state index contributed by atoms with van der Waals surface area (Å²) >= 11 is 1.20. The van der Waals surface area contributed by atoms with E-state index in [2.05, 4.69) is 10.2 Å². The summed E-state index contributed by atoms with van der Waals surface area (Å²) in [6.07, 6.45) is 3.62. The number of methoxy groups -OCH3 is 1.